The molecule has 0 heterocycles. The Labute approximate surface area is 122 Å². The van der Waals surface area contributed by atoms with Gasteiger partial charge in [-0.1, -0.05) is 0 Å². The molecule has 0 aromatic heterocycles. The van der Waals surface area contributed by atoms with Crippen molar-refractivity contribution in [2.24, 2.45) is 11.3 Å². The monoisotopic (exact) mass is 299 g/mol. The van der Waals surface area contributed by atoms with Crippen LogP contribution in [0.4, 0.5) is 4.79 Å². The first kappa shape index (κ1) is 15.6. The van der Waals surface area contributed by atoms with Crippen molar-refractivity contribution in [1.82, 2.24) is 5.32 Å². The van der Waals surface area contributed by atoms with Gasteiger partial charge in [-0.05, 0) is 51.9 Å². The lowest BCUT2D eigenvalue weighted by Crippen LogP contribution is -2.69. The fourth-order valence-corrected chi connectivity index (χ4v) is 3.47. The smallest absolute Gasteiger partial charge is 0.408 e. The first-order valence-corrected chi connectivity index (χ1v) is 6.94. The van der Waals surface area contributed by atoms with E-state index in [1.54, 1.807) is 20.8 Å². The second-order valence-electron chi connectivity index (χ2n) is 7.31. The predicted molar refractivity (Wildman–Crippen MR) is 71.8 cm³/mol. The van der Waals surface area contributed by atoms with E-state index in [2.05, 4.69) is 5.32 Å². The van der Waals surface area contributed by atoms with Crippen LogP contribution in [-0.2, 0) is 14.3 Å². The largest absolute Gasteiger partial charge is 0.481 e. The second kappa shape index (κ2) is 4.61. The fourth-order valence-electron chi connectivity index (χ4n) is 3.47. The van der Waals surface area contributed by atoms with Crippen molar-refractivity contribution < 1.29 is 29.3 Å². The van der Waals surface area contributed by atoms with E-state index in [0.29, 0.717) is 12.8 Å². The van der Waals surface area contributed by atoms with Crippen LogP contribution in [0, 0.1) is 11.3 Å². The number of nitrogens with one attached hydrogen (secondary N) is 1. The van der Waals surface area contributed by atoms with Crippen LogP contribution < -0.4 is 5.32 Å². The molecule has 7 nitrogen and oxygen atoms in total. The van der Waals surface area contributed by atoms with Gasteiger partial charge in [0.25, 0.3) is 0 Å². The number of carbonyl (C=O) groups excluding carboxylic acids is 1. The summed E-state index contributed by atoms with van der Waals surface area (Å²) >= 11 is 0. The Morgan fingerprint density at radius 1 is 1.14 bits per heavy atom. The molecule has 2 fully saturated rings. The molecule has 1 spiro atoms. The van der Waals surface area contributed by atoms with Gasteiger partial charge in [0.1, 0.15) is 11.1 Å². The molecule has 1 amide bonds. The molecule has 0 unspecified atom stereocenters. The van der Waals surface area contributed by atoms with E-state index >= 15 is 0 Å². The third-order valence-corrected chi connectivity index (χ3v) is 4.21. The average molecular weight is 299 g/mol. The molecule has 3 N–H and O–H groups in total. The molecule has 0 aromatic carbocycles. The van der Waals surface area contributed by atoms with Gasteiger partial charge >= 0.3 is 18.0 Å². The number of hydrogen-bond donors (Lipinski definition) is 3. The van der Waals surface area contributed by atoms with E-state index in [9.17, 15) is 19.5 Å². The maximum absolute atomic E-state index is 11.8. The van der Waals surface area contributed by atoms with E-state index in [1.165, 1.54) is 0 Å². The summed E-state index contributed by atoms with van der Waals surface area (Å²) < 4.78 is 5.09. The lowest BCUT2D eigenvalue weighted by atomic mass is 9.45. The van der Waals surface area contributed by atoms with Crippen molar-refractivity contribution in [3.63, 3.8) is 0 Å². The lowest BCUT2D eigenvalue weighted by Gasteiger charge is -2.60. The molecule has 0 radical (unpaired) electrons. The Morgan fingerprint density at radius 2 is 1.67 bits per heavy atom. The maximum Gasteiger partial charge on any atom is 0.408 e. The van der Waals surface area contributed by atoms with Gasteiger partial charge in [-0.3, -0.25) is 4.79 Å². The Kier molecular flexibility index (Phi) is 3.42. The molecule has 7 heteroatoms. The highest BCUT2D eigenvalue weighted by Gasteiger charge is 2.65. The summed E-state index contributed by atoms with van der Waals surface area (Å²) in [7, 11) is 0. The zero-order valence-corrected chi connectivity index (χ0v) is 12.4. The summed E-state index contributed by atoms with van der Waals surface area (Å²) in [5.74, 6) is -2.33. The summed E-state index contributed by atoms with van der Waals surface area (Å²) in [5.41, 5.74) is -2.28. The van der Waals surface area contributed by atoms with Crippen LogP contribution >= 0.6 is 0 Å². The Balaban J connectivity index is 1.95. The van der Waals surface area contributed by atoms with Crippen molar-refractivity contribution in [2.45, 2.75) is 57.6 Å². The lowest BCUT2D eigenvalue weighted by molar-refractivity contribution is -0.174. The van der Waals surface area contributed by atoms with Crippen molar-refractivity contribution in [3.05, 3.63) is 0 Å². The summed E-state index contributed by atoms with van der Waals surface area (Å²) in [5, 5.41) is 20.7. The minimum absolute atomic E-state index is 0.254. The molecule has 118 valence electrons. The van der Waals surface area contributed by atoms with Gasteiger partial charge in [-0.2, -0.15) is 0 Å². The Bertz CT molecular complexity index is 478. The van der Waals surface area contributed by atoms with Crippen LogP contribution in [0.15, 0.2) is 0 Å². The van der Waals surface area contributed by atoms with Crippen molar-refractivity contribution >= 4 is 18.0 Å². The van der Waals surface area contributed by atoms with Crippen molar-refractivity contribution in [1.29, 1.82) is 0 Å². The molecule has 2 aliphatic carbocycles. The highest BCUT2D eigenvalue weighted by molar-refractivity contribution is 5.86. The van der Waals surface area contributed by atoms with Crippen LogP contribution in [-0.4, -0.2) is 39.4 Å². The molecule has 2 aliphatic rings. The molecule has 21 heavy (non-hydrogen) atoms. The standard InChI is InChI=1S/C14H21NO6/c1-12(2,3)21-11(20)15-14(10(18)19)6-13(7-14)4-8(5-13)9(16)17/h8H,4-7H2,1-3H3,(H,15,20)(H,16,17)(H,18,19). The summed E-state index contributed by atoms with van der Waals surface area (Å²) in [4.78, 5) is 34.1. The molecule has 2 rings (SSSR count). The van der Waals surface area contributed by atoms with E-state index in [1.807, 2.05) is 0 Å². The average Bonchev–Trinajstić information content (AvgIpc) is 2.15. The number of alkyl carbamates (subject to hydrolysis) is 1. The summed E-state index contributed by atoms with van der Waals surface area (Å²) in [6.07, 6.45) is 0.728. The quantitative estimate of drug-likeness (QED) is 0.729. The van der Waals surface area contributed by atoms with Crippen molar-refractivity contribution in [2.75, 3.05) is 0 Å². The number of aliphatic carboxylic acids is 2. The topological polar surface area (TPSA) is 113 Å². The number of amides is 1. The highest BCUT2D eigenvalue weighted by atomic mass is 16.6. The van der Waals surface area contributed by atoms with Crippen LogP contribution in [0.5, 0.6) is 0 Å². The van der Waals surface area contributed by atoms with Gasteiger partial charge in [0.2, 0.25) is 0 Å². The normalized spacial score (nSPS) is 34.5. The van der Waals surface area contributed by atoms with Crippen molar-refractivity contribution in [3.8, 4) is 0 Å². The molecule has 2 saturated carbocycles. The first-order valence-electron chi connectivity index (χ1n) is 6.94. The Hall–Kier alpha value is -1.79. The van der Waals surface area contributed by atoms with Gasteiger partial charge in [0.05, 0.1) is 5.92 Å². The summed E-state index contributed by atoms with van der Waals surface area (Å²) in [6, 6.07) is 0. The highest BCUT2D eigenvalue weighted by Crippen LogP contribution is 2.62. The van der Waals surface area contributed by atoms with Gasteiger partial charge in [0.15, 0.2) is 0 Å². The second-order valence-corrected chi connectivity index (χ2v) is 7.31. The van der Waals surface area contributed by atoms with E-state index in [0.717, 1.165) is 0 Å². The van der Waals surface area contributed by atoms with E-state index < -0.39 is 35.1 Å². The third-order valence-electron chi connectivity index (χ3n) is 4.21. The Morgan fingerprint density at radius 3 is 2.05 bits per heavy atom. The molecule has 0 saturated heterocycles. The first-order chi connectivity index (χ1) is 9.47. The number of carbonyl (C=O) groups is 3. The van der Waals surface area contributed by atoms with E-state index in [-0.39, 0.29) is 18.3 Å². The maximum atomic E-state index is 11.8. The minimum atomic E-state index is -1.33. The van der Waals surface area contributed by atoms with Gasteiger partial charge in [-0.25, -0.2) is 9.59 Å². The fraction of sp³-hybridized carbons (Fsp3) is 0.786. The molecule has 0 atom stereocenters. The number of rotatable bonds is 3. The number of hydrogen-bond acceptors (Lipinski definition) is 4. The van der Waals surface area contributed by atoms with Crippen LogP contribution in [0.3, 0.4) is 0 Å². The van der Waals surface area contributed by atoms with Gasteiger partial charge < -0.3 is 20.3 Å². The number of ether oxygens (including phenoxy) is 1. The molecular formula is C14H21NO6. The van der Waals surface area contributed by atoms with Gasteiger partial charge in [0, 0.05) is 0 Å². The zero-order chi connectivity index (χ0) is 16.1. The van der Waals surface area contributed by atoms with Crippen LogP contribution in [0.1, 0.15) is 46.5 Å². The van der Waals surface area contributed by atoms with Crippen LogP contribution in [0.25, 0.3) is 0 Å². The molecule has 0 aliphatic heterocycles. The SMILES string of the molecule is CC(C)(C)OC(=O)NC1(C(=O)O)CC2(CC(C(=O)O)C2)C1. The van der Waals surface area contributed by atoms with Gasteiger partial charge in [-0.15, -0.1) is 0 Å². The minimum Gasteiger partial charge on any atom is -0.481 e. The molecular weight excluding hydrogens is 278 g/mol. The predicted octanol–water partition coefficient (Wildman–Crippen LogP) is 1.61. The molecule has 0 aromatic rings. The zero-order valence-electron chi connectivity index (χ0n) is 12.4. The number of carboxylic acid groups (broad SMARTS) is 2. The summed E-state index contributed by atoms with van der Waals surface area (Å²) in [6.45, 7) is 5.10. The number of carboxylic acids is 2. The third kappa shape index (κ3) is 2.96. The van der Waals surface area contributed by atoms with E-state index in [4.69, 9.17) is 9.84 Å². The van der Waals surface area contributed by atoms with Crippen LogP contribution in [0.2, 0.25) is 0 Å². The molecule has 0 bridgehead atoms.